The molecule has 3 rings (SSSR count). The van der Waals surface area contributed by atoms with Crippen molar-refractivity contribution in [3.8, 4) is 11.5 Å². The Morgan fingerprint density at radius 1 is 0.867 bits per heavy atom. The maximum Gasteiger partial charge on any atom is 0.168 e. The molecule has 15 heavy (non-hydrogen) atoms. The van der Waals surface area contributed by atoms with Crippen LogP contribution in [0, 0.1) is 22.1 Å². The molecule has 0 bridgehead atoms. The first-order valence-corrected chi connectivity index (χ1v) is 4.51. The van der Waals surface area contributed by atoms with Gasteiger partial charge in [-0.3, -0.25) is 0 Å². The molecule has 0 saturated heterocycles. The minimum Gasteiger partial charge on any atom is -0.454 e. The van der Waals surface area contributed by atoms with E-state index in [1.807, 2.05) is 18.2 Å². The third-order valence-electron chi connectivity index (χ3n) is 2.41. The fraction of sp³-hybridized carbons (Fsp3) is 0. The van der Waals surface area contributed by atoms with Gasteiger partial charge < -0.3 is 4.74 Å². The number of halogens is 2. The zero-order chi connectivity index (χ0) is 10.4. The summed E-state index contributed by atoms with van der Waals surface area (Å²) in [6.07, 6.45) is 0. The van der Waals surface area contributed by atoms with Crippen LogP contribution in [0.3, 0.4) is 0 Å². The van der Waals surface area contributed by atoms with Gasteiger partial charge in [0.05, 0.1) is 0 Å². The van der Waals surface area contributed by atoms with Gasteiger partial charge in [-0.1, -0.05) is 12.1 Å². The molecule has 0 atom stereocenters. The summed E-state index contributed by atoms with van der Waals surface area (Å²) < 4.78 is 31.1. The number of benzene rings is 2. The lowest BCUT2D eigenvalue weighted by molar-refractivity contribution is 0.431. The van der Waals surface area contributed by atoms with Crippen LogP contribution >= 0.6 is 0 Å². The average molecular weight is 204 g/mol. The van der Waals surface area contributed by atoms with E-state index >= 15 is 0 Å². The quantitative estimate of drug-likeness (QED) is 0.622. The molecular weight excluding hydrogens is 198 g/mol. The van der Waals surface area contributed by atoms with E-state index in [2.05, 4.69) is 0 Å². The number of rotatable bonds is 2. The Hall–Kier alpha value is -1.90. The molecule has 0 saturated carbocycles. The molecule has 0 radical (unpaired) electrons. The van der Waals surface area contributed by atoms with Gasteiger partial charge in [-0.15, -0.1) is 0 Å². The van der Waals surface area contributed by atoms with Gasteiger partial charge in [0.1, 0.15) is 11.6 Å². The van der Waals surface area contributed by atoms with Crippen LogP contribution in [0.2, 0.25) is 0 Å². The summed E-state index contributed by atoms with van der Waals surface area (Å²) >= 11 is 0. The lowest BCUT2D eigenvalue weighted by Crippen LogP contribution is -1.95. The van der Waals surface area contributed by atoms with Gasteiger partial charge in [0.25, 0.3) is 0 Å². The Bertz CT molecular complexity index is 635. The Kier molecular flexibility index (Phi) is 1.57. The summed E-state index contributed by atoms with van der Waals surface area (Å²) in [5.74, 6) is -0.605. The lowest BCUT2D eigenvalue weighted by atomic mass is 10.1. The molecule has 0 spiro atoms. The molecule has 0 amide bonds. The molecule has 0 unspecified atom stereocenters. The van der Waals surface area contributed by atoms with Crippen LogP contribution in [0.1, 0.15) is 0 Å². The normalized spacial score (nSPS) is 11.3. The van der Waals surface area contributed by atoms with Gasteiger partial charge in [-0.25, -0.2) is 8.78 Å². The van der Waals surface area contributed by atoms with Crippen molar-refractivity contribution in [3.05, 3.63) is 58.5 Å². The van der Waals surface area contributed by atoms with E-state index < -0.39 is 11.6 Å². The van der Waals surface area contributed by atoms with Gasteiger partial charge >= 0.3 is 0 Å². The monoisotopic (exact) mass is 204 g/mol. The van der Waals surface area contributed by atoms with Crippen molar-refractivity contribution < 1.29 is 13.5 Å². The van der Waals surface area contributed by atoms with E-state index in [4.69, 9.17) is 4.74 Å². The Labute approximate surface area is 84.2 Å². The zero-order valence-electron chi connectivity index (χ0n) is 7.63. The standard InChI is InChI=1S/C12H6F2O/c13-8-2-4-11(10(14)6-8)15-12-5-7-1-3-9(7)12/h1-6H. The zero-order valence-corrected chi connectivity index (χ0v) is 7.63. The second-order valence-corrected chi connectivity index (χ2v) is 3.39. The fourth-order valence-electron chi connectivity index (χ4n) is 1.52. The Balaban J connectivity index is 1.93. The summed E-state index contributed by atoms with van der Waals surface area (Å²) in [6.45, 7) is 0. The molecule has 74 valence electrons. The molecule has 2 aliphatic carbocycles. The fourth-order valence-corrected chi connectivity index (χ4v) is 1.52. The predicted octanol–water partition coefficient (Wildman–Crippen LogP) is 3.36. The average Bonchev–Trinajstić information content (AvgIpc) is 2.17. The maximum atomic E-state index is 13.2. The van der Waals surface area contributed by atoms with E-state index in [1.54, 1.807) is 0 Å². The smallest absolute Gasteiger partial charge is 0.168 e. The topological polar surface area (TPSA) is 9.23 Å². The molecule has 1 aromatic carbocycles. The van der Waals surface area contributed by atoms with E-state index in [0.29, 0.717) is 5.75 Å². The van der Waals surface area contributed by atoms with Gasteiger partial charge in [0.15, 0.2) is 11.6 Å². The maximum absolute atomic E-state index is 13.2. The number of hydrogen-bond acceptors (Lipinski definition) is 1. The first-order chi connectivity index (χ1) is 7.24. The third-order valence-corrected chi connectivity index (χ3v) is 2.41. The van der Waals surface area contributed by atoms with Crippen LogP contribution in [0.15, 0.2) is 36.4 Å². The summed E-state index contributed by atoms with van der Waals surface area (Å²) in [6, 6.07) is 8.92. The van der Waals surface area contributed by atoms with Gasteiger partial charge in [0, 0.05) is 11.3 Å². The van der Waals surface area contributed by atoms with E-state index in [-0.39, 0.29) is 5.75 Å². The number of ether oxygens (including phenoxy) is 1. The highest BCUT2D eigenvalue weighted by Gasteiger charge is 2.11. The molecule has 1 aromatic rings. The van der Waals surface area contributed by atoms with Crippen LogP contribution < -0.4 is 4.74 Å². The van der Waals surface area contributed by atoms with Crippen molar-refractivity contribution >= 4 is 0 Å². The van der Waals surface area contributed by atoms with Crippen molar-refractivity contribution in [3.63, 3.8) is 0 Å². The molecule has 1 nitrogen and oxygen atoms in total. The minimum absolute atomic E-state index is 0.0505. The molecular formula is C12H6F2O. The molecule has 2 aliphatic rings. The second kappa shape index (κ2) is 2.79. The van der Waals surface area contributed by atoms with Crippen LogP contribution in [0.4, 0.5) is 8.78 Å². The summed E-state index contributed by atoms with van der Waals surface area (Å²) in [5, 5.41) is 2.12. The van der Waals surface area contributed by atoms with Crippen LogP contribution in [-0.4, -0.2) is 0 Å². The van der Waals surface area contributed by atoms with E-state index in [0.717, 1.165) is 16.5 Å². The summed E-state index contributed by atoms with van der Waals surface area (Å²) in [7, 11) is 0. The largest absolute Gasteiger partial charge is 0.454 e. The highest BCUT2D eigenvalue weighted by Crippen LogP contribution is 2.30. The van der Waals surface area contributed by atoms with Crippen molar-refractivity contribution in [2.75, 3.05) is 0 Å². The van der Waals surface area contributed by atoms with Crippen LogP contribution in [0.5, 0.6) is 11.5 Å². The second-order valence-electron chi connectivity index (χ2n) is 3.39. The van der Waals surface area contributed by atoms with Gasteiger partial charge in [-0.05, 0) is 23.4 Å². The van der Waals surface area contributed by atoms with Gasteiger partial charge in [0.2, 0.25) is 0 Å². The van der Waals surface area contributed by atoms with Crippen molar-refractivity contribution in [2.24, 2.45) is 0 Å². The van der Waals surface area contributed by atoms with Gasteiger partial charge in [-0.2, -0.15) is 0 Å². The Morgan fingerprint density at radius 3 is 2.27 bits per heavy atom. The van der Waals surface area contributed by atoms with Crippen molar-refractivity contribution in [1.29, 1.82) is 0 Å². The Morgan fingerprint density at radius 2 is 1.73 bits per heavy atom. The van der Waals surface area contributed by atoms with E-state index in [1.165, 1.54) is 12.1 Å². The molecule has 3 heteroatoms. The first kappa shape index (κ1) is 8.41. The highest BCUT2D eigenvalue weighted by molar-refractivity contribution is 5.42. The highest BCUT2D eigenvalue weighted by atomic mass is 19.1. The van der Waals surface area contributed by atoms with Crippen LogP contribution in [-0.2, 0) is 0 Å². The lowest BCUT2D eigenvalue weighted by Gasteiger charge is -2.12. The SMILES string of the molecule is Fc1ccc(Oc2cc3ccc2=3)c(F)c1. The summed E-state index contributed by atoms with van der Waals surface area (Å²) in [4.78, 5) is 0. The molecule has 0 aliphatic heterocycles. The molecule has 0 N–H and O–H groups in total. The van der Waals surface area contributed by atoms with Crippen molar-refractivity contribution in [2.45, 2.75) is 0 Å². The molecule has 0 fully saturated rings. The number of hydrogen-bond donors (Lipinski definition) is 0. The minimum atomic E-state index is -0.687. The van der Waals surface area contributed by atoms with Crippen molar-refractivity contribution in [1.82, 2.24) is 0 Å². The summed E-state index contributed by atoms with van der Waals surface area (Å²) in [5.41, 5.74) is 0. The van der Waals surface area contributed by atoms with E-state index in [9.17, 15) is 8.78 Å². The first-order valence-electron chi connectivity index (χ1n) is 4.51. The molecule has 0 heterocycles. The molecule has 0 aromatic heterocycles. The van der Waals surface area contributed by atoms with Crippen LogP contribution in [0.25, 0.3) is 0 Å². The third kappa shape index (κ3) is 1.20. The predicted molar refractivity (Wildman–Crippen MR) is 50.5 cm³/mol.